The molecule has 1 aromatic carbocycles. The fraction of sp³-hybridized carbons (Fsp3) is 0.154. The third kappa shape index (κ3) is 2.20. The van der Waals surface area contributed by atoms with Gasteiger partial charge in [0.15, 0.2) is 17.2 Å². The van der Waals surface area contributed by atoms with Crippen LogP contribution in [0.25, 0.3) is 11.1 Å². The molecule has 0 fully saturated rings. The van der Waals surface area contributed by atoms with Crippen molar-refractivity contribution in [1.29, 1.82) is 0 Å². The van der Waals surface area contributed by atoms with E-state index in [0.717, 1.165) is 5.69 Å². The van der Waals surface area contributed by atoms with E-state index in [4.69, 9.17) is 4.42 Å². The third-order valence-electron chi connectivity index (χ3n) is 2.69. The zero-order valence-corrected chi connectivity index (χ0v) is 10.5. The standard InChI is InChI=1S/C13H12N4O2/c1-7-5-11(17-16-7)13(18)15-9-3-4-12-10(6-9)14-8(2)19-12/h3-6H,1-2H3,(H,15,18)(H,16,17). The molecular weight excluding hydrogens is 244 g/mol. The molecule has 0 bridgehead atoms. The van der Waals surface area contributed by atoms with E-state index in [2.05, 4.69) is 20.5 Å². The lowest BCUT2D eigenvalue weighted by atomic mass is 10.2. The average Bonchev–Trinajstić information content (AvgIpc) is 2.93. The average molecular weight is 256 g/mol. The molecule has 2 heterocycles. The molecule has 3 aromatic rings. The highest BCUT2D eigenvalue weighted by atomic mass is 16.3. The Hall–Kier alpha value is -2.63. The van der Waals surface area contributed by atoms with Crippen molar-refractivity contribution in [2.75, 3.05) is 5.32 Å². The van der Waals surface area contributed by atoms with Gasteiger partial charge < -0.3 is 9.73 Å². The Morgan fingerprint density at radius 3 is 2.89 bits per heavy atom. The highest BCUT2D eigenvalue weighted by Crippen LogP contribution is 2.20. The summed E-state index contributed by atoms with van der Waals surface area (Å²) in [6, 6.07) is 7.00. The number of H-pyrrole nitrogens is 1. The third-order valence-corrected chi connectivity index (χ3v) is 2.69. The highest BCUT2D eigenvalue weighted by Gasteiger charge is 2.10. The minimum Gasteiger partial charge on any atom is -0.441 e. The van der Waals surface area contributed by atoms with E-state index in [1.54, 1.807) is 31.2 Å². The van der Waals surface area contributed by atoms with Gasteiger partial charge in [-0.15, -0.1) is 0 Å². The zero-order valence-electron chi connectivity index (χ0n) is 10.5. The van der Waals surface area contributed by atoms with Crippen LogP contribution >= 0.6 is 0 Å². The Labute approximate surface area is 108 Å². The summed E-state index contributed by atoms with van der Waals surface area (Å²) in [5.41, 5.74) is 3.27. The van der Waals surface area contributed by atoms with E-state index in [0.29, 0.717) is 28.4 Å². The van der Waals surface area contributed by atoms with Crippen molar-refractivity contribution in [2.24, 2.45) is 0 Å². The summed E-state index contributed by atoms with van der Waals surface area (Å²) in [4.78, 5) is 16.1. The normalized spacial score (nSPS) is 10.8. The Kier molecular flexibility index (Phi) is 2.56. The number of nitrogens with zero attached hydrogens (tertiary/aromatic N) is 2. The minimum absolute atomic E-state index is 0.260. The Morgan fingerprint density at radius 2 is 2.16 bits per heavy atom. The Bertz CT molecular complexity index is 757. The number of fused-ring (bicyclic) bond motifs is 1. The molecule has 1 amide bonds. The summed E-state index contributed by atoms with van der Waals surface area (Å²) in [5, 5.41) is 9.41. The summed E-state index contributed by atoms with van der Waals surface area (Å²) in [5.74, 6) is 0.338. The number of amides is 1. The quantitative estimate of drug-likeness (QED) is 0.737. The molecular formula is C13H12N4O2. The predicted octanol–water partition coefficient (Wildman–Crippen LogP) is 2.42. The fourth-order valence-corrected chi connectivity index (χ4v) is 1.85. The number of anilines is 1. The molecule has 0 aliphatic rings. The molecule has 0 unspecified atom stereocenters. The molecule has 0 spiro atoms. The summed E-state index contributed by atoms with van der Waals surface area (Å²) in [6.45, 7) is 3.62. The van der Waals surface area contributed by atoms with Gasteiger partial charge >= 0.3 is 0 Å². The maximum Gasteiger partial charge on any atom is 0.276 e. The molecule has 19 heavy (non-hydrogen) atoms. The molecule has 0 aliphatic heterocycles. The van der Waals surface area contributed by atoms with Crippen molar-refractivity contribution in [3.63, 3.8) is 0 Å². The molecule has 2 N–H and O–H groups in total. The SMILES string of the molecule is Cc1cc(C(=O)Nc2ccc3oc(C)nc3c2)n[nH]1. The number of rotatable bonds is 2. The molecule has 0 saturated heterocycles. The second kappa shape index (κ2) is 4.24. The molecule has 0 saturated carbocycles. The number of hydrogen-bond acceptors (Lipinski definition) is 4. The number of hydrogen-bond donors (Lipinski definition) is 2. The second-order valence-electron chi connectivity index (χ2n) is 4.31. The van der Waals surface area contributed by atoms with Gasteiger partial charge in [0, 0.05) is 18.3 Å². The van der Waals surface area contributed by atoms with Crippen molar-refractivity contribution in [1.82, 2.24) is 15.2 Å². The number of carbonyl (C=O) groups excluding carboxylic acids is 1. The van der Waals surface area contributed by atoms with Crippen LogP contribution in [0.2, 0.25) is 0 Å². The maximum atomic E-state index is 11.9. The zero-order chi connectivity index (χ0) is 13.4. The van der Waals surface area contributed by atoms with Gasteiger partial charge in [-0.05, 0) is 31.2 Å². The van der Waals surface area contributed by atoms with Gasteiger partial charge in [-0.3, -0.25) is 9.89 Å². The highest BCUT2D eigenvalue weighted by molar-refractivity contribution is 6.03. The monoisotopic (exact) mass is 256 g/mol. The van der Waals surface area contributed by atoms with Gasteiger partial charge in [0.05, 0.1) is 0 Å². The summed E-state index contributed by atoms with van der Waals surface area (Å²) in [6.07, 6.45) is 0. The number of aryl methyl sites for hydroxylation is 2. The van der Waals surface area contributed by atoms with Gasteiger partial charge in [0.1, 0.15) is 5.52 Å². The van der Waals surface area contributed by atoms with E-state index in [1.165, 1.54) is 0 Å². The molecule has 3 rings (SSSR count). The predicted molar refractivity (Wildman–Crippen MR) is 70.0 cm³/mol. The van der Waals surface area contributed by atoms with Crippen LogP contribution in [0.1, 0.15) is 22.1 Å². The molecule has 6 heteroatoms. The first-order chi connectivity index (χ1) is 9.11. The van der Waals surface area contributed by atoms with E-state index in [-0.39, 0.29) is 5.91 Å². The van der Waals surface area contributed by atoms with Crippen LogP contribution in [-0.2, 0) is 0 Å². The summed E-state index contributed by atoms with van der Waals surface area (Å²) in [7, 11) is 0. The van der Waals surface area contributed by atoms with Crippen LogP contribution in [0, 0.1) is 13.8 Å². The van der Waals surface area contributed by atoms with Crippen LogP contribution in [0.4, 0.5) is 5.69 Å². The lowest BCUT2D eigenvalue weighted by Crippen LogP contribution is -2.12. The maximum absolute atomic E-state index is 11.9. The number of oxazole rings is 1. The van der Waals surface area contributed by atoms with E-state index >= 15 is 0 Å². The number of aromatic nitrogens is 3. The van der Waals surface area contributed by atoms with Crippen LogP contribution < -0.4 is 5.32 Å². The van der Waals surface area contributed by atoms with Crippen LogP contribution in [0.3, 0.4) is 0 Å². The van der Waals surface area contributed by atoms with Crippen molar-refractivity contribution < 1.29 is 9.21 Å². The van der Waals surface area contributed by atoms with Crippen LogP contribution in [-0.4, -0.2) is 21.1 Å². The van der Waals surface area contributed by atoms with Crippen molar-refractivity contribution in [3.05, 3.63) is 41.5 Å². The molecule has 0 atom stereocenters. The van der Waals surface area contributed by atoms with Gasteiger partial charge in [0.25, 0.3) is 5.91 Å². The van der Waals surface area contributed by atoms with Crippen LogP contribution in [0.15, 0.2) is 28.7 Å². The number of carbonyl (C=O) groups is 1. The lowest BCUT2D eigenvalue weighted by molar-refractivity contribution is 0.102. The van der Waals surface area contributed by atoms with Gasteiger partial charge in [-0.1, -0.05) is 0 Å². The minimum atomic E-state index is -0.260. The first-order valence-corrected chi connectivity index (χ1v) is 5.82. The van der Waals surface area contributed by atoms with Gasteiger partial charge in [0.2, 0.25) is 0 Å². The molecule has 96 valence electrons. The largest absolute Gasteiger partial charge is 0.441 e. The summed E-state index contributed by atoms with van der Waals surface area (Å²) < 4.78 is 5.37. The number of benzene rings is 1. The second-order valence-corrected chi connectivity index (χ2v) is 4.31. The smallest absolute Gasteiger partial charge is 0.276 e. The van der Waals surface area contributed by atoms with Gasteiger partial charge in [-0.2, -0.15) is 5.10 Å². The molecule has 6 nitrogen and oxygen atoms in total. The van der Waals surface area contributed by atoms with Crippen molar-refractivity contribution >= 4 is 22.7 Å². The molecule has 0 aliphatic carbocycles. The fourth-order valence-electron chi connectivity index (χ4n) is 1.85. The Balaban J connectivity index is 1.86. The summed E-state index contributed by atoms with van der Waals surface area (Å²) >= 11 is 0. The van der Waals surface area contributed by atoms with E-state index < -0.39 is 0 Å². The van der Waals surface area contributed by atoms with Crippen LogP contribution in [0.5, 0.6) is 0 Å². The lowest BCUT2D eigenvalue weighted by Gasteiger charge is -2.01. The number of aromatic amines is 1. The first-order valence-electron chi connectivity index (χ1n) is 5.82. The molecule has 0 radical (unpaired) electrons. The van der Waals surface area contributed by atoms with Crippen molar-refractivity contribution in [3.8, 4) is 0 Å². The van der Waals surface area contributed by atoms with Gasteiger partial charge in [-0.25, -0.2) is 4.98 Å². The first kappa shape index (κ1) is 11.5. The molecule has 2 aromatic heterocycles. The van der Waals surface area contributed by atoms with E-state index in [1.807, 2.05) is 6.92 Å². The topological polar surface area (TPSA) is 83.8 Å². The Morgan fingerprint density at radius 1 is 1.32 bits per heavy atom. The van der Waals surface area contributed by atoms with E-state index in [9.17, 15) is 4.79 Å². The van der Waals surface area contributed by atoms with Crippen molar-refractivity contribution in [2.45, 2.75) is 13.8 Å². The number of nitrogens with one attached hydrogen (secondary N) is 2.